The Morgan fingerprint density at radius 2 is 2.12 bits per heavy atom. The maximum absolute atomic E-state index is 11.9. The van der Waals surface area contributed by atoms with Gasteiger partial charge >= 0.3 is 0 Å². The van der Waals surface area contributed by atoms with Crippen LogP contribution in [0, 0.1) is 0 Å². The molecule has 0 atom stereocenters. The van der Waals surface area contributed by atoms with Crippen molar-refractivity contribution < 1.29 is 9.90 Å². The molecule has 3 N–H and O–H groups in total. The fourth-order valence-corrected chi connectivity index (χ4v) is 1.98. The van der Waals surface area contributed by atoms with Gasteiger partial charge in [0.1, 0.15) is 0 Å². The number of rotatable bonds is 5. The largest absolute Gasteiger partial charge is 0.395 e. The second-order valence-electron chi connectivity index (χ2n) is 4.31. The van der Waals surface area contributed by atoms with E-state index in [9.17, 15) is 4.79 Å². The Labute approximate surface area is 97.2 Å². The number of hydrogen-bond donors (Lipinski definition) is 2. The van der Waals surface area contributed by atoms with Gasteiger partial charge in [0.25, 0.3) is 0 Å². The van der Waals surface area contributed by atoms with Gasteiger partial charge in [-0.3, -0.25) is 9.69 Å². The van der Waals surface area contributed by atoms with E-state index >= 15 is 0 Å². The molecule has 5 nitrogen and oxygen atoms in total. The lowest BCUT2D eigenvalue weighted by atomic mass is 10.1. The Morgan fingerprint density at radius 3 is 2.62 bits per heavy atom. The van der Waals surface area contributed by atoms with Crippen LogP contribution in [0.25, 0.3) is 0 Å². The second-order valence-corrected chi connectivity index (χ2v) is 4.31. The van der Waals surface area contributed by atoms with E-state index in [4.69, 9.17) is 10.8 Å². The van der Waals surface area contributed by atoms with Gasteiger partial charge in [-0.05, 0) is 19.8 Å². The third-order valence-corrected chi connectivity index (χ3v) is 3.10. The van der Waals surface area contributed by atoms with E-state index < -0.39 is 0 Å². The Morgan fingerprint density at radius 1 is 1.50 bits per heavy atom. The number of carbonyl (C=O) groups is 1. The van der Waals surface area contributed by atoms with Crippen LogP contribution in [0.5, 0.6) is 0 Å². The molecule has 1 heterocycles. The molecule has 0 aromatic heterocycles. The number of aliphatic hydroxyl groups excluding tert-OH is 1. The van der Waals surface area contributed by atoms with Crippen molar-refractivity contribution >= 4 is 5.91 Å². The van der Waals surface area contributed by atoms with Gasteiger partial charge in [0, 0.05) is 32.2 Å². The van der Waals surface area contributed by atoms with Crippen molar-refractivity contribution in [2.45, 2.75) is 25.8 Å². The lowest BCUT2D eigenvalue weighted by Gasteiger charge is -2.31. The van der Waals surface area contributed by atoms with Crippen LogP contribution in [-0.2, 0) is 4.79 Å². The first-order valence-corrected chi connectivity index (χ1v) is 6.04. The van der Waals surface area contributed by atoms with Gasteiger partial charge in [-0.1, -0.05) is 0 Å². The SMILES string of the molecule is CCN(CCO)C(=O)CN1CCC(N)CC1. The first kappa shape index (κ1) is 13.4. The molecule has 5 heteroatoms. The lowest BCUT2D eigenvalue weighted by Crippen LogP contribution is -2.46. The third kappa shape index (κ3) is 4.08. The molecule has 0 spiro atoms. The maximum Gasteiger partial charge on any atom is 0.236 e. The predicted octanol–water partition coefficient (Wildman–Crippen LogP) is -0.750. The lowest BCUT2D eigenvalue weighted by molar-refractivity contribution is -0.133. The van der Waals surface area contributed by atoms with Crippen molar-refractivity contribution in [3.8, 4) is 0 Å². The quantitative estimate of drug-likeness (QED) is 0.651. The molecule has 1 aliphatic rings. The molecule has 1 amide bonds. The van der Waals surface area contributed by atoms with E-state index in [1.807, 2.05) is 6.92 Å². The molecule has 1 fully saturated rings. The van der Waals surface area contributed by atoms with Crippen LogP contribution in [0.15, 0.2) is 0 Å². The van der Waals surface area contributed by atoms with Crippen LogP contribution in [0.4, 0.5) is 0 Å². The molecule has 0 aliphatic carbocycles. The summed E-state index contributed by atoms with van der Waals surface area (Å²) in [5.41, 5.74) is 5.81. The predicted molar refractivity (Wildman–Crippen MR) is 63.0 cm³/mol. The molecule has 0 unspecified atom stereocenters. The zero-order valence-corrected chi connectivity index (χ0v) is 10.1. The average Bonchev–Trinajstić information content (AvgIpc) is 2.29. The summed E-state index contributed by atoms with van der Waals surface area (Å²) in [6.45, 7) is 5.33. The fourth-order valence-electron chi connectivity index (χ4n) is 1.98. The number of likely N-dealkylation sites (N-methyl/N-ethyl adjacent to an activating group) is 1. The zero-order valence-electron chi connectivity index (χ0n) is 10.1. The highest BCUT2D eigenvalue weighted by atomic mass is 16.3. The summed E-state index contributed by atoms with van der Waals surface area (Å²) in [7, 11) is 0. The van der Waals surface area contributed by atoms with Crippen molar-refractivity contribution in [1.29, 1.82) is 0 Å². The molecule has 94 valence electrons. The van der Waals surface area contributed by atoms with Crippen LogP contribution < -0.4 is 5.73 Å². The van der Waals surface area contributed by atoms with Crippen LogP contribution in [-0.4, -0.2) is 66.2 Å². The monoisotopic (exact) mass is 229 g/mol. The van der Waals surface area contributed by atoms with Gasteiger partial charge in [-0.2, -0.15) is 0 Å². The smallest absolute Gasteiger partial charge is 0.236 e. The molecule has 0 aromatic rings. The van der Waals surface area contributed by atoms with Crippen molar-refractivity contribution in [3.05, 3.63) is 0 Å². The highest BCUT2D eigenvalue weighted by molar-refractivity contribution is 5.78. The number of amides is 1. The van der Waals surface area contributed by atoms with Crippen molar-refractivity contribution in [1.82, 2.24) is 9.80 Å². The molecule has 0 aromatic carbocycles. The number of carbonyl (C=O) groups excluding carboxylic acids is 1. The van der Waals surface area contributed by atoms with Gasteiger partial charge in [-0.25, -0.2) is 0 Å². The van der Waals surface area contributed by atoms with E-state index in [0.717, 1.165) is 25.9 Å². The van der Waals surface area contributed by atoms with Crippen LogP contribution in [0.3, 0.4) is 0 Å². The summed E-state index contributed by atoms with van der Waals surface area (Å²) in [6, 6.07) is 0.297. The molecule has 0 radical (unpaired) electrons. The highest BCUT2D eigenvalue weighted by Gasteiger charge is 2.20. The summed E-state index contributed by atoms with van der Waals surface area (Å²) in [5.74, 6) is 0.104. The van der Waals surface area contributed by atoms with E-state index in [2.05, 4.69) is 4.90 Å². The Hall–Kier alpha value is -0.650. The molecule has 1 saturated heterocycles. The van der Waals surface area contributed by atoms with Crippen LogP contribution >= 0.6 is 0 Å². The van der Waals surface area contributed by atoms with Gasteiger partial charge in [0.15, 0.2) is 0 Å². The van der Waals surface area contributed by atoms with Gasteiger partial charge < -0.3 is 15.7 Å². The van der Waals surface area contributed by atoms with Gasteiger partial charge in [-0.15, -0.1) is 0 Å². The molecule has 16 heavy (non-hydrogen) atoms. The molecule has 1 aliphatic heterocycles. The minimum atomic E-state index is 0.0322. The summed E-state index contributed by atoms with van der Waals surface area (Å²) < 4.78 is 0. The topological polar surface area (TPSA) is 69.8 Å². The Kier molecular flexibility index (Phi) is 5.73. The number of aliphatic hydroxyl groups is 1. The molecular weight excluding hydrogens is 206 g/mol. The minimum absolute atomic E-state index is 0.0322. The van der Waals surface area contributed by atoms with Crippen LogP contribution in [0.1, 0.15) is 19.8 Å². The van der Waals surface area contributed by atoms with E-state index in [0.29, 0.717) is 25.7 Å². The van der Waals surface area contributed by atoms with Crippen LogP contribution in [0.2, 0.25) is 0 Å². The van der Waals surface area contributed by atoms with Crippen molar-refractivity contribution in [2.75, 3.05) is 39.3 Å². The number of nitrogens with two attached hydrogens (primary N) is 1. The number of hydrogen-bond acceptors (Lipinski definition) is 4. The summed E-state index contributed by atoms with van der Waals surface area (Å²) in [6.07, 6.45) is 1.94. The standard InChI is InChI=1S/C11H23N3O2/c1-2-14(7-8-15)11(16)9-13-5-3-10(12)4-6-13/h10,15H,2-9,12H2,1H3. The molecule has 0 saturated carbocycles. The molecular formula is C11H23N3O2. The number of nitrogens with zero attached hydrogens (tertiary/aromatic N) is 2. The maximum atomic E-state index is 11.9. The van der Waals surface area contributed by atoms with E-state index in [-0.39, 0.29) is 12.5 Å². The van der Waals surface area contributed by atoms with Crippen molar-refractivity contribution in [3.63, 3.8) is 0 Å². The zero-order chi connectivity index (χ0) is 12.0. The second kappa shape index (κ2) is 6.83. The average molecular weight is 229 g/mol. The van der Waals surface area contributed by atoms with Gasteiger partial charge in [0.05, 0.1) is 13.2 Å². The number of piperidine rings is 1. The molecule has 1 rings (SSSR count). The first-order valence-electron chi connectivity index (χ1n) is 6.04. The summed E-state index contributed by atoms with van der Waals surface area (Å²) in [4.78, 5) is 15.7. The summed E-state index contributed by atoms with van der Waals surface area (Å²) in [5, 5.41) is 8.83. The first-order chi connectivity index (χ1) is 7.67. The van der Waals surface area contributed by atoms with E-state index in [1.165, 1.54) is 0 Å². The van der Waals surface area contributed by atoms with Crippen molar-refractivity contribution in [2.24, 2.45) is 5.73 Å². The Balaban J connectivity index is 2.32. The number of likely N-dealkylation sites (tertiary alicyclic amines) is 1. The normalized spacial score (nSPS) is 18.7. The summed E-state index contributed by atoms with van der Waals surface area (Å²) >= 11 is 0. The Bertz CT molecular complexity index is 215. The third-order valence-electron chi connectivity index (χ3n) is 3.10. The molecule has 0 bridgehead atoms. The van der Waals surface area contributed by atoms with E-state index in [1.54, 1.807) is 4.90 Å². The highest BCUT2D eigenvalue weighted by Crippen LogP contribution is 2.08. The fraction of sp³-hybridized carbons (Fsp3) is 0.909. The minimum Gasteiger partial charge on any atom is -0.395 e. The van der Waals surface area contributed by atoms with Gasteiger partial charge in [0.2, 0.25) is 5.91 Å².